The van der Waals surface area contributed by atoms with Crippen molar-refractivity contribution in [2.24, 2.45) is 0 Å². The Labute approximate surface area is 191 Å². The Bertz CT molecular complexity index is 977. The minimum Gasteiger partial charge on any atom is -0.492 e. The van der Waals surface area contributed by atoms with Crippen LogP contribution in [0, 0.1) is 0 Å². The summed E-state index contributed by atoms with van der Waals surface area (Å²) in [4.78, 5) is 27.9. The third-order valence-corrected chi connectivity index (χ3v) is 5.46. The van der Waals surface area contributed by atoms with E-state index >= 15 is 0 Å². The second-order valence-corrected chi connectivity index (χ2v) is 7.86. The molecule has 0 bridgehead atoms. The first-order valence-corrected chi connectivity index (χ1v) is 10.7. The number of nitrogens with zero attached hydrogens (tertiary/aromatic N) is 2. The van der Waals surface area contributed by atoms with Gasteiger partial charge in [-0.1, -0.05) is 23.2 Å². The average molecular weight is 467 g/mol. The van der Waals surface area contributed by atoms with Gasteiger partial charge in [-0.15, -0.1) is 0 Å². The van der Waals surface area contributed by atoms with E-state index in [0.29, 0.717) is 65.6 Å². The second kappa shape index (κ2) is 10.2. The molecule has 7 nitrogen and oxygen atoms in total. The van der Waals surface area contributed by atoms with E-state index in [1.807, 2.05) is 11.8 Å². The molecule has 1 N–H and O–H groups in total. The second-order valence-electron chi connectivity index (χ2n) is 7.02. The van der Waals surface area contributed by atoms with Gasteiger partial charge in [0.2, 0.25) is 5.91 Å². The molecule has 2 aromatic carbocycles. The number of morpholine rings is 1. The number of halogens is 2. The van der Waals surface area contributed by atoms with E-state index in [1.54, 1.807) is 24.3 Å². The lowest BCUT2D eigenvalue weighted by Gasteiger charge is -2.31. The number of rotatable bonds is 7. The number of amides is 1. The quantitative estimate of drug-likeness (QED) is 0.647. The molecule has 0 aromatic heterocycles. The lowest BCUT2D eigenvalue weighted by atomic mass is 10.1. The smallest absolute Gasteiger partial charge is 0.337 e. The normalized spacial score (nSPS) is 13.7. The highest BCUT2D eigenvalue weighted by Gasteiger charge is 2.23. The van der Waals surface area contributed by atoms with Crippen LogP contribution in [-0.4, -0.2) is 49.9 Å². The van der Waals surface area contributed by atoms with Gasteiger partial charge in [-0.3, -0.25) is 4.79 Å². The molecule has 3 rings (SSSR count). The van der Waals surface area contributed by atoms with Crippen LogP contribution in [0.15, 0.2) is 30.3 Å². The Balaban J connectivity index is 2.00. The highest BCUT2D eigenvalue weighted by Crippen LogP contribution is 2.35. The van der Waals surface area contributed by atoms with Crippen LogP contribution >= 0.6 is 23.2 Å². The fraction of sp³-hybridized carbons (Fsp3) is 0.364. The Morgan fingerprint density at radius 2 is 1.90 bits per heavy atom. The Morgan fingerprint density at radius 1 is 1.19 bits per heavy atom. The van der Waals surface area contributed by atoms with Crippen molar-refractivity contribution in [3.05, 3.63) is 51.5 Å². The van der Waals surface area contributed by atoms with E-state index < -0.39 is 5.97 Å². The maximum absolute atomic E-state index is 12.5. The summed E-state index contributed by atoms with van der Waals surface area (Å²) < 4.78 is 11.0. The van der Waals surface area contributed by atoms with Crippen molar-refractivity contribution in [2.45, 2.75) is 20.4 Å². The molecule has 0 unspecified atom stereocenters. The molecule has 0 aliphatic carbocycles. The molecule has 1 heterocycles. The molecule has 0 radical (unpaired) electrons. The highest BCUT2D eigenvalue weighted by atomic mass is 35.5. The molecule has 2 aromatic rings. The first-order chi connectivity index (χ1) is 14.8. The fourth-order valence-corrected chi connectivity index (χ4v) is 4.13. The van der Waals surface area contributed by atoms with Gasteiger partial charge in [0.15, 0.2) is 0 Å². The van der Waals surface area contributed by atoms with Crippen molar-refractivity contribution in [3.63, 3.8) is 0 Å². The van der Waals surface area contributed by atoms with Crippen LogP contribution in [-0.2, 0) is 16.1 Å². The number of benzene rings is 2. The van der Waals surface area contributed by atoms with Crippen molar-refractivity contribution in [3.8, 4) is 5.75 Å². The van der Waals surface area contributed by atoms with E-state index in [2.05, 4.69) is 0 Å². The number of carbonyl (C=O) groups is 2. The number of anilines is 2. The third kappa shape index (κ3) is 5.42. The monoisotopic (exact) mass is 466 g/mol. The predicted octanol–water partition coefficient (Wildman–Crippen LogP) is 4.48. The van der Waals surface area contributed by atoms with Crippen LogP contribution in [0.3, 0.4) is 0 Å². The number of carbonyl (C=O) groups excluding carboxylic acids is 1. The average Bonchev–Trinajstić information content (AvgIpc) is 2.74. The topological polar surface area (TPSA) is 79.3 Å². The van der Waals surface area contributed by atoms with Gasteiger partial charge >= 0.3 is 5.97 Å². The van der Waals surface area contributed by atoms with Crippen LogP contribution < -0.4 is 14.5 Å². The molecule has 1 saturated heterocycles. The number of carboxylic acid groups (broad SMARTS) is 1. The Kier molecular flexibility index (Phi) is 7.64. The van der Waals surface area contributed by atoms with E-state index in [0.717, 1.165) is 0 Å². The molecular formula is C22H24Cl2N2O5. The molecule has 9 heteroatoms. The van der Waals surface area contributed by atoms with Gasteiger partial charge in [0.05, 0.1) is 42.6 Å². The van der Waals surface area contributed by atoms with Crippen molar-refractivity contribution in [1.82, 2.24) is 0 Å². The summed E-state index contributed by atoms with van der Waals surface area (Å²) in [5, 5.41) is 10.6. The van der Waals surface area contributed by atoms with Crippen molar-refractivity contribution < 1.29 is 24.2 Å². The van der Waals surface area contributed by atoms with Crippen molar-refractivity contribution in [1.29, 1.82) is 0 Å². The van der Waals surface area contributed by atoms with E-state index in [-0.39, 0.29) is 18.0 Å². The third-order valence-electron chi connectivity index (χ3n) is 4.96. The molecule has 31 heavy (non-hydrogen) atoms. The summed E-state index contributed by atoms with van der Waals surface area (Å²) in [6, 6.07) is 8.25. The van der Waals surface area contributed by atoms with Crippen molar-refractivity contribution in [2.75, 3.05) is 42.7 Å². The minimum absolute atomic E-state index is 0.125. The van der Waals surface area contributed by atoms with Crippen LogP contribution in [0.1, 0.15) is 29.8 Å². The zero-order chi connectivity index (χ0) is 22.5. The first-order valence-electron chi connectivity index (χ1n) is 9.90. The number of ether oxygens (including phenoxy) is 2. The highest BCUT2D eigenvalue weighted by molar-refractivity contribution is 6.35. The van der Waals surface area contributed by atoms with Gasteiger partial charge < -0.3 is 24.4 Å². The molecule has 0 spiro atoms. The van der Waals surface area contributed by atoms with Gasteiger partial charge in [-0.25, -0.2) is 4.79 Å². The van der Waals surface area contributed by atoms with Gasteiger partial charge in [-0.05, 0) is 37.3 Å². The molecular weight excluding hydrogens is 443 g/mol. The summed E-state index contributed by atoms with van der Waals surface area (Å²) in [7, 11) is 0. The van der Waals surface area contributed by atoms with Gasteiger partial charge in [0.25, 0.3) is 0 Å². The summed E-state index contributed by atoms with van der Waals surface area (Å²) in [5.41, 5.74) is 1.81. The van der Waals surface area contributed by atoms with Gasteiger partial charge in [-0.2, -0.15) is 0 Å². The van der Waals surface area contributed by atoms with E-state index in [1.165, 1.54) is 17.9 Å². The molecule has 0 saturated carbocycles. The summed E-state index contributed by atoms with van der Waals surface area (Å²) in [6.07, 6.45) is 0. The van der Waals surface area contributed by atoms with Crippen LogP contribution in [0.25, 0.3) is 0 Å². The largest absolute Gasteiger partial charge is 0.492 e. The summed E-state index contributed by atoms with van der Waals surface area (Å²) in [5.74, 6) is -0.870. The fourth-order valence-electron chi connectivity index (χ4n) is 3.54. The Hall–Kier alpha value is -2.48. The number of carboxylic acids is 1. The molecule has 166 valence electrons. The molecule has 0 atom stereocenters. The number of aromatic carboxylic acids is 1. The molecule has 1 aliphatic rings. The van der Waals surface area contributed by atoms with E-state index in [4.69, 9.17) is 32.7 Å². The van der Waals surface area contributed by atoms with Crippen LogP contribution in [0.2, 0.25) is 10.0 Å². The lowest BCUT2D eigenvalue weighted by molar-refractivity contribution is -0.116. The SMILES string of the molecule is CCOc1c(Cl)cc(Cl)cc1CN(C(C)=O)c1ccc(N2CCOCC2)c(C(=O)O)c1. The van der Waals surface area contributed by atoms with Crippen LogP contribution in [0.4, 0.5) is 11.4 Å². The molecule has 1 aliphatic heterocycles. The lowest BCUT2D eigenvalue weighted by Crippen LogP contribution is -2.37. The number of hydrogen-bond donors (Lipinski definition) is 1. The van der Waals surface area contributed by atoms with Crippen molar-refractivity contribution >= 4 is 46.5 Å². The Morgan fingerprint density at radius 3 is 2.52 bits per heavy atom. The number of hydrogen-bond acceptors (Lipinski definition) is 5. The maximum Gasteiger partial charge on any atom is 0.337 e. The maximum atomic E-state index is 12.5. The van der Waals surface area contributed by atoms with Gasteiger partial charge in [0.1, 0.15) is 5.75 Å². The summed E-state index contributed by atoms with van der Waals surface area (Å²) in [6.45, 7) is 6.06. The minimum atomic E-state index is -1.06. The standard InChI is InChI=1S/C22H24Cl2N2O5/c1-3-31-21-15(10-16(23)11-19(21)24)13-26(14(2)27)17-4-5-20(18(12-17)22(28)29)25-6-8-30-9-7-25/h4-5,10-12H,3,6-9,13H2,1-2H3,(H,28,29). The van der Waals surface area contributed by atoms with E-state index in [9.17, 15) is 14.7 Å². The summed E-state index contributed by atoms with van der Waals surface area (Å²) >= 11 is 12.5. The van der Waals surface area contributed by atoms with Crippen LogP contribution in [0.5, 0.6) is 5.75 Å². The first kappa shape index (κ1) is 23.2. The molecule has 1 amide bonds. The predicted molar refractivity (Wildman–Crippen MR) is 121 cm³/mol. The zero-order valence-electron chi connectivity index (χ0n) is 17.4. The zero-order valence-corrected chi connectivity index (χ0v) is 18.9. The van der Waals surface area contributed by atoms with Gasteiger partial charge in [0, 0.05) is 36.3 Å². The molecule has 1 fully saturated rings.